The number of nitrogens with zero attached hydrogens (tertiary/aromatic N) is 1. The van der Waals surface area contributed by atoms with Gasteiger partial charge in [-0.25, -0.2) is 4.79 Å². The van der Waals surface area contributed by atoms with Crippen molar-refractivity contribution < 1.29 is 18.7 Å². The van der Waals surface area contributed by atoms with Gasteiger partial charge in [0.05, 0.1) is 6.26 Å². The summed E-state index contributed by atoms with van der Waals surface area (Å²) < 4.78 is 10.3. The summed E-state index contributed by atoms with van der Waals surface area (Å²) in [5, 5.41) is 2.80. The van der Waals surface area contributed by atoms with E-state index in [1.54, 1.807) is 18.2 Å². The summed E-state index contributed by atoms with van der Waals surface area (Å²) in [5.41, 5.74) is 0.0936. The summed E-state index contributed by atoms with van der Waals surface area (Å²) in [6.45, 7) is 5.55. The van der Waals surface area contributed by atoms with E-state index < -0.39 is 23.5 Å². The van der Waals surface area contributed by atoms with Gasteiger partial charge in [-0.05, 0) is 45.0 Å². The van der Waals surface area contributed by atoms with Gasteiger partial charge in [0.1, 0.15) is 0 Å². The SMILES string of the molecule is CC(C)(C)NC(=O)C(OC(=O)c1ccco1)c1ccncc1. The maximum Gasteiger partial charge on any atom is 0.375 e. The molecule has 0 bridgehead atoms. The molecule has 22 heavy (non-hydrogen) atoms. The van der Waals surface area contributed by atoms with Crippen molar-refractivity contribution in [1.29, 1.82) is 0 Å². The fourth-order valence-corrected chi connectivity index (χ4v) is 1.81. The van der Waals surface area contributed by atoms with E-state index in [-0.39, 0.29) is 5.76 Å². The van der Waals surface area contributed by atoms with E-state index in [1.165, 1.54) is 24.7 Å². The summed E-state index contributed by atoms with van der Waals surface area (Å²) in [4.78, 5) is 28.4. The maximum absolute atomic E-state index is 12.4. The number of amides is 1. The van der Waals surface area contributed by atoms with Crippen LogP contribution in [-0.2, 0) is 9.53 Å². The lowest BCUT2D eigenvalue weighted by molar-refractivity contribution is -0.131. The highest BCUT2D eigenvalue weighted by atomic mass is 16.6. The van der Waals surface area contributed by atoms with Crippen molar-refractivity contribution in [3.63, 3.8) is 0 Å². The quantitative estimate of drug-likeness (QED) is 0.877. The second kappa shape index (κ2) is 6.43. The molecule has 2 rings (SSSR count). The summed E-state index contributed by atoms with van der Waals surface area (Å²) in [6, 6.07) is 6.31. The third kappa shape index (κ3) is 4.18. The Kier molecular flexibility index (Phi) is 4.60. The van der Waals surface area contributed by atoms with E-state index in [4.69, 9.17) is 9.15 Å². The smallest absolute Gasteiger partial charge is 0.375 e. The molecule has 2 heterocycles. The molecule has 0 fully saturated rings. The highest BCUT2D eigenvalue weighted by Gasteiger charge is 2.29. The van der Waals surface area contributed by atoms with E-state index in [0.29, 0.717) is 5.56 Å². The first kappa shape index (κ1) is 15.8. The van der Waals surface area contributed by atoms with Crippen molar-refractivity contribution >= 4 is 11.9 Å². The zero-order valence-corrected chi connectivity index (χ0v) is 12.7. The third-order valence-corrected chi connectivity index (χ3v) is 2.69. The van der Waals surface area contributed by atoms with Crippen LogP contribution in [0.25, 0.3) is 0 Å². The van der Waals surface area contributed by atoms with Gasteiger partial charge in [0.2, 0.25) is 11.9 Å². The third-order valence-electron chi connectivity index (χ3n) is 2.69. The molecule has 1 amide bonds. The maximum atomic E-state index is 12.4. The van der Waals surface area contributed by atoms with E-state index in [2.05, 4.69) is 10.3 Å². The number of esters is 1. The number of hydrogen-bond acceptors (Lipinski definition) is 5. The van der Waals surface area contributed by atoms with Gasteiger partial charge in [-0.15, -0.1) is 0 Å². The number of hydrogen-bond donors (Lipinski definition) is 1. The fraction of sp³-hybridized carbons (Fsp3) is 0.312. The van der Waals surface area contributed by atoms with Crippen LogP contribution in [0.15, 0.2) is 47.3 Å². The normalized spacial score (nSPS) is 12.5. The Morgan fingerprint density at radius 1 is 1.23 bits per heavy atom. The van der Waals surface area contributed by atoms with Gasteiger partial charge in [0.15, 0.2) is 0 Å². The lowest BCUT2D eigenvalue weighted by Crippen LogP contribution is -2.44. The Labute approximate surface area is 128 Å². The van der Waals surface area contributed by atoms with Gasteiger partial charge < -0.3 is 14.5 Å². The molecule has 1 unspecified atom stereocenters. The molecule has 0 aliphatic heterocycles. The van der Waals surface area contributed by atoms with Crippen LogP contribution >= 0.6 is 0 Å². The van der Waals surface area contributed by atoms with Gasteiger partial charge in [-0.2, -0.15) is 0 Å². The average Bonchev–Trinajstić information content (AvgIpc) is 2.97. The predicted octanol–water partition coefficient (Wildman–Crippen LogP) is 2.49. The summed E-state index contributed by atoms with van der Waals surface area (Å²) >= 11 is 0. The molecule has 6 nitrogen and oxygen atoms in total. The Morgan fingerprint density at radius 2 is 1.91 bits per heavy atom. The molecule has 2 aromatic heterocycles. The van der Waals surface area contributed by atoms with Crippen LogP contribution in [0, 0.1) is 0 Å². The van der Waals surface area contributed by atoms with Crippen molar-refractivity contribution in [2.24, 2.45) is 0 Å². The number of furan rings is 1. The van der Waals surface area contributed by atoms with Gasteiger partial charge >= 0.3 is 5.97 Å². The van der Waals surface area contributed by atoms with Crippen LogP contribution < -0.4 is 5.32 Å². The van der Waals surface area contributed by atoms with E-state index in [9.17, 15) is 9.59 Å². The number of aromatic nitrogens is 1. The van der Waals surface area contributed by atoms with Gasteiger partial charge in [-0.1, -0.05) is 0 Å². The Bertz CT molecular complexity index is 630. The largest absolute Gasteiger partial charge is 0.457 e. The molecule has 6 heteroatoms. The topological polar surface area (TPSA) is 81.4 Å². The van der Waals surface area contributed by atoms with Crippen molar-refractivity contribution in [2.75, 3.05) is 0 Å². The van der Waals surface area contributed by atoms with Crippen LogP contribution in [0.1, 0.15) is 43.0 Å². The van der Waals surface area contributed by atoms with Crippen molar-refractivity contribution in [1.82, 2.24) is 10.3 Å². The molecule has 2 aromatic rings. The highest BCUT2D eigenvalue weighted by Crippen LogP contribution is 2.20. The molecule has 0 saturated carbocycles. The minimum absolute atomic E-state index is 0.0441. The van der Waals surface area contributed by atoms with Crippen LogP contribution in [0.3, 0.4) is 0 Å². The molecule has 0 aromatic carbocycles. The van der Waals surface area contributed by atoms with E-state index in [0.717, 1.165) is 0 Å². The van der Waals surface area contributed by atoms with Crippen LogP contribution in [0.2, 0.25) is 0 Å². The molecule has 0 spiro atoms. The molecule has 0 saturated heterocycles. The molecular formula is C16H18N2O4. The first-order valence-corrected chi connectivity index (χ1v) is 6.83. The highest BCUT2D eigenvalue weighted by molar-refractivity contribution is 5.90. The Balaban J connectivity index is 2.22. The zero-order valence-electron chi connectivity index (χ0n) is 12.7. The first-order chi connectivity index (χ1) is 10.4. The van der Waals surface area contributed by atoms with Crippen molar-refractivity contribution in [3.8, 4) is 0 Å². The summed E-state index contributed by atoms with van der Waals surface area (Å²) in [7, 11) is 0. The standard InChI is InChI=1S/C16H18N2O4/c1-16(2,3)18-14(19)13(11-6-8-17-9-7-11)22-15(20)12-5-4-10-21-12/h4-10,13H,1-3H3,(H,18,19). The first-order valence-electron chi connectivity index (χ1n) is 6.83. The molecule has 1 N–H and O–H groups in total. The average molecular weight is 302 g/mol. The van der Waals surface area contributed by atoms with Crippen LogP contribution in [0.5, 0.6) is 0 Å². The van der Waals surface area contributed by atoms with Crippen molar-refractivity contribution in [3.05, 3.63) is 54.2 Å². The zero-order chi connectivity index (χ0) is 16.2. The minimum Gasteiger partial charge on any atom is -0.457 e. The molecular weight excluding hydrogens is 284 g/mol. The summed E-state index contributed by atoms with van der Waals surface area (Å²) in [6.07, 6.45) is 3.37. The number of ether oxygens (including phenoxy) is 1. The molecule has 116 valence electrons. The number of nitrogens with one attached hydrogen (secondary N) is 1. The molecule has 0 radical (unpaired) electrons. The molecule has 1 atom stereocenters. The van der Waals surface area contributed by atoms with Crippen LogP contribution in [-0.4, -0.2) is 22.4 Å². The second-order valence-electron chi connectivity index (χ2n) is 5.78. The Hall–Kier alpha value is -2.63. The number of rotatable bonds is 4. The second-order valence-corrected chi connectivity index (χ2v) is 5.78. The minimum atomic E-state index is -1.07. The van der Waals surface area contributed by atoms with E-state index in [1.807, 2.05) is 20.8 Å². The number of pyridine rings is 1. The van der Waals surface area contributed by atoms with Crippen molar-refractivity contribution in [2.45, 2.75) is 32.4 Å². The van der Waals surface area contributed by atoms with Crippen LogP contribution in [0.4, 0.5) is 0 Å². The van der Waals surface area contributed by atoms with Gasteiger partial charge in [-0.3, -0.25) is 9.78 Å². The predicted molar refractivity (Wildman–Crippen MR) is 79.0 cm³/mol. The van der Waals surface area contributed by atoms with Gasteiger partial charge in [0.25, 0.3) is 5.91 Å². The fourth-order valence-electron chi connectivity index (χ4n) is 1.81. The number of carbonyl (C=O) groups is 2. The molecule has 0 aliphatic carbocycles. The van der Waals surface area contributed by atoms with Gasteiger partial charge in [0, 0.05) is 23.5 Å². The molecule has 0 aliphatic rings. The van der Waals surface area contributed by atoms with E-state index >= 15 is 0 Å². The summed E-state index contributed by atoms with van der Waals surface area (Å²) in [5.74, 6) is -1.06. The Morgan fingerprint density at radius 3 is 2.45 bits per heavy atom. The lowest BCUT2D eigenvalue weighted by Gasteiger charge is -2.24. The monoisotopic (exact) mass is 302 g/mol. The number of carbonyl (C=O) groups excluding carboxylic acids is 2. The lowest BCUT2D eigenvalue weighted by atomic mass is 10.1.